The second kappa shape index (κ2) is 2.60. The monoisotopic (exact) mass is 182 g/mol. The Hall–Kier alpha value is -0.190. The van der Waals surface area contributed by atoms with E-state index in [0.717, 1.165) is 11.7 Å². The van der Waals surface area contributed by atoms with Crippen molar-refractivity contribution in [1.82, 2.24) is 8.75 Å². The van der Waals surface area contributed by atoms with E-state index in [9.17, 15) is 4.79 Å². The van der Waals surface area contributed by atoms with Crippen molar-refractivity contribution in [2.45, 2.75) is 0 Å². The third-order valence-electron chi connectivity index (χ3n) is 0.617. The Balaban J connectivity index is 3.43. The van der Waals surface area contributed by atoms with E-state index in [1.807, 2.05) is 0 Å². The number of aromatic nitrogens is 2. The van der Waals surface area contributed by atoms with E-state index in [1.165, 1.54) is 0 Å². The lowest BCUT2D eigenvalue weighted by Gasteiger charge is -1.82. The molecule has 0 bridgehead atoms. The topological polar surface area (TPSA) is 42.9 Å². The molecule has 0 aliphatic heterocycles. The van der Waals surface area contributed by atoms with Crippen LogP contribution in [0.15, 0.2) is 4.79 Å². The highest BCUT2D eigenvalue weighted by Gasteiger charge is 2.01. The van der Waals surface area contributed by atoms with Gasteiger partial charge in [-0.2, -0.15) is 8.75 Å². The molecule has 1 rings (SSSR count). The Labute approximate surface area is 64.6 Å². The Morgan fingerprint density at radius 3 is 2.00 bits per heavy atom. The lowest BCUT2D eigenvalue weighted by molar-refractivity contribution is 1.35. The number of hydrogen-bond acceptors (Lipinski definition) is 4. The third kappa shape index (κ3) is 1.38. The van der Waals surface area contributed by atoms with Crippen LogP contribution in [-0.4, -0.2) is 8.75 Å². The van der Waals surface area contributed by atoms with Gasteiger partial charge in [-0.1, -0.05) is 23.2 Å². The molecule has 0 spiro atoms. The average Bonchev–Trinajstić information content (AvgIpc) is 1.83. The van der Waals surface area contributed by atoms with Crippen molar-refractivity contribution in [2.24, 2.45) is 0 Å². The van der Waals surface area contributed by atoms with E-state index in [1.54, 1.807) is 0 Å². The zero-order valence-electron chi connectivity index (χ0n) is 3.97. The number of nitrogens with zero attached hydrogens (tertiary/aromatic N) is 2. The summed E-state index contributed by atoms with van der Waals surface area (Å²) in [6, 6.07) is 0. The van der Waals surface area contributed by atoms with Gasteiger partial charge in [0.1, 0.15) is 0 Å². The maximum atomic E-state index is 10.6. The van der Waals surface area contributed by atoms with Crippen LogP contribution >= 0.6 is 34.9 Å². The largest absolute Gasteiger partial charge is 0.283 e. The molecular weight excluding hydrogens is 183 g/mol. The van der Waals surface area contributed by atoms with Crippen LogP contribution in [0.25, 0.3) is 0 Å². The fourth-order valence-corrected chi connectivity index (χ4v) is 1.02. The second-order valence-electron chi connectivity index (χ2n) is 1.17. The van der Waals surface area contributed by atoms with Gasteiger partial charge in [-0.3, -0.25) is 4.79 Å². The van der Waals surface area contributed by atoms with Gasteiger partial charge in [0.15, 0.2) is 10.3 Å². The molecule has 1 aromatic rings. The summed E-state index contributed by atoms with van der Waals surface area (Å²) in [6.45, 7) is 0. The van der Waals surface area contributed by atoms with Crippen molar-refractivity contribution >= 4 is 34.9 Å². The van der Waals surface area contributed by atoms with Gasteiger partial charge in [-0.25, -0.2) is 0 Å². The van der Waals surface area contributed by atoms with Crippen LogP contribution in [0, 0.1) is 0 Å². The fraction of sp³-hybridized carbons (Fsp3) is 0. The van der Waals surface area contributed by atoms with Gasteiger partial charge < -0.3 is 0 Å². The first kappa shape index (κ1) is 6.92. The van der Waals surface area contributed by atoms with Crippen molar-refractivity contribution in [3.8, 4) is 0 Å². The van der Waals surface area contributed by atoms with E-state index >= 15 is 0 Å². The van der Waals surface area contributed by atoms with E-state index in [4.69, 9.17) is 23.2 Å². The fourth-order valence-electron chi connectivity index (χ4n) is 0.260. The smallest absolute Gasteiger partial charge is 0.255 e. The molecule has 0 saturated carbocycles. The first-order valence-electron chi connectivity index (χ1n) is 1.89. The minimum atomic E-state index is -0.517. The Morgan fingerprint density at radius 1 is 1.22 bits per heavy atom. The summed E-state index contributed by atoms with van der Waals surface area (Å²) in [5.74, 6) is 0. The van der Waals surface area contributed by atoms with Gasteiger partial charge in [0.2, 0.25) is 0 Å². The van der Waals surface area contributed by atoms with Gasteiger partial charge in [0, 0.05) is 0 Å². The molecule has 0 fully saturated rings. The zero-order chi connectivity index (χ0) is 6.85. The standard InChI is InChI=1S/C3Cl2N2OS/c4-2-1(8)3(5)7-9-6-2. The molecule has 0 atom stereocenters. The number of hydrogen-bond donors (Lipinski definition) is 0. The molecule has 3 nitrogen and oxygen atoms in total. The highest BCUT2D eigenvalue weighted by atomic mass is 35.5. The summed E-state index contributed by atoms with van der Waals surface area (Å²) in [5, 5.41) is -0.250. The zero-order valence-corrected chi connectivity index (χ0v) is 6.30. The molecular formula is C3Cl2N2OS. The van der Waals surface area contributed by atoms with Gasteiger partial charge in [0.25, 0.3) is 5.43 Å². The molecule has 0 aliphatic rings. The Bertz CT molecular complexity index is 250. The van der Waals surface area contributed by atoms with Crippen LogP contribution < -0.4 is 5.43 Å². The predicted octanol–water partition coefficient (Wildman–Crippen LogP) is 1.21. The molecule has 6 heteroatoms. The summed E-state index contributed by atoms with van der Waals surface area (Å²) in [5.41, 5.74) is -0.517. The maximum Gasteiger partial charge on any atom is 0.255 e. The SMILES string of the molecule is O=c1c(Cl)nsnc1Cl. The third-order valence-corrected chi connectivity index (χ3v) is 1.86. The molecule has 48 valence electrons. The first-order chi connectivity index (χ1) is 4.22. The Morgan fingerprint density at radius 2 is 1.67 bits per heavy atom. The number of halogens is 2. The van der Waals surface area contributed by atoms with Crippen LogP contribution in [0.2, 0.25) is 10.3 Å². The molecule has 0 saturated heterocycles. The number of rotatable bonds is 0. The minimum absolute atomic E-state index is 0.125. The molecule has 9 heavy (non-hydrogen) atoms. The molecule has 0 aliphatic carbocycles. The lowest BCUT2D eigenvalue weighted by atomic mass is 10.7. The quantitative estimate of drug-likeness (QED) is 0.606. The molecule has 0 N–H and O–H groups in total. The molecule has 0 amide bonds. The van der Waals surface area contributed by atoms with E-state index in [2.05, 4.69) is 8.75 Å². The Kier molecular flexibility index (Phi) is 2.00. The minimum Gasteiger partial charge on any atom is -0.283 e. The van der Waals surface area contributed by atoms with Gasteiger partial charge in [0.05, 0.1) is 11.7 Å². The van der Waals surface area contributed by atoms with Crippen LogP contribution in [-0.2, 0) is 0 Å². The van der Waals surface area contributed by atoms with Crippen LogP contribution in [0.3, 0.4) is 0 Å². The normalized spacial score (nSPS) is 9.56. The van der Waals surface area contributed by atoms with Crippen LogP contribution in [0.5, 0.6) is 0 Å². The van der Waals surface area contributed by atoms with E-state index in [0.29, 0.717) is 0 Å². The molecule has 0 unspecified atom stereocenters. The summed E-state index contributed by atoms with van der Waals surface area (Å²) < 4.78 is 6.88. The molecule has 0 aromatic carbocycles. The van der Waals surface area contributed by atoms with Crippen LogP contribution in [0.1, 0.15) is 0 Å². The van der Waals surface area contributed by atoms with E-state index in [-0.39, 0.29) is 10.3 Å². The van der Waals surface area contributed by atoms with Crippen molar-refractivity contribution in [2.75, 3.05) is 0 Å². The molecule has 1 aromatic heterocycles. The van der Waals surface area contributed by atoms with Gasteiger partial charge >= 0.3 is 0 Å². The van der Waals surface area contributed by atoms with Gasteiger partial charge in [-0.15, -0.1) is 0 Å². The van der Waals surface area contributed by atoms with Crippen molar-refractivity contribution in [3.63, 3.8) is 0 Å². The summed E-state index contributed by atoms with van der Waals surface area (Å²) in [7, 11) is 0. The van der Waals surface area contributed by atoms with E-state index < -0.39 is 5.43 Å². The second-order valence-corrected chi connectivity index (χ2v) is 2.42. The van der Waals surface area contributed by atoms with Crippen LogP contribution in [0.4, 0.5) is 0 Å². The maximum absolute atomic E-state index is 10.6. The highest BCUT2D eigenvalue weighted by Crippen LogP contribution is 2.02. The predicted molar refractivity (Wildman–Crippen MR) is 36.2 cm³/mol. The van der Waals surface area contributed by atoms with Crippen molar-refractivity contribution in [1.29, 1.82) is 0 Å². The van der Waals surface area contributed by atoms with Gasteiger partial charge in [-0.05, 0) is 0 Å². The summed E-state index contributed by atoms with van der Waals surface area (Å²) >= 11 is 11.4. The molecule has 0 radical (unpaired) electrons. The van der Waals surface area contributed by atoms with Crippen molar-refractivity contribution in [3.05, 3.63) is 20.5 Å². The molecule has 1 heterocycles. The highest BCUT2D eigenvalue weighted by molar-refractivity contribution is 6.99. The summed E-state index contributed by atoms with van der Waals surface area (Å²) in [6.07, 6.45) is 0. The average molecular weight is 183 g/mol. The first-order valence-corrected chi connectivity index (χ1v) is 3.38. The summed E-state index contributed by atoms with van der Waals surface area (Å²) in [4.78, 5) is 10.6. The lowest BCUT2D eigenvalue weighted by Crippen LogP contribution is -2.03. The van der Waals surface area contributed by atoms with Crippen molar-refractivity contribution < 1.29 is 0 Å².